The van der Waals surface area contributed by atoms with E-state index in [4.69, 9.17) is 5.73 Å². The van der Waals surface area contributed by atoms with Crippen molar-refractivity contribution in [2.24, 2.45) is 0 Å². The van der Waals surface area contributed by atoms with Crippen molar-refractivity contribution >= 4 is 11.4 Å². The number of hydrogen-bond acceptors (Lipinski definition) is 4. The summed E-state index contributed by atoms with van der Waals surface area (Å²) >= 11 is 0. The molecule has 0 unspecified atom stereocenters. The summed E-state index contributed by atoms with van der Waals surface area (Å²) in [6, 6.07) is 6.96. The number of hydrogen-bond donors (Lipinski definition) is 1. The first-order chi connectivity index (χ1) is 7.16. The Kier molecular flexibility index (Phi) is 2.09. The van der Waals surface area contributed by atoms with Crippen LogP contribution in [-0.4, -0.2) is 14.7 Å². The van der Waals surface area contributed by atoms with Crippen molar-refractivity contribution in [1.29, 1.82) is 0 Å². The van der Waals surface area contributed by atoms with Gasteiger partial charge in [-0.1, -0.05) is 6.07 Å². The molecular formula is C9H8N4O2. The molecule has 1 aromatic heterocycles. The zero-order chi connectivity index (χ0) is 10.8. The third-order valence-corrected chi connectivity index (χ3v) is 1.91. The van der Waals surface area contributed by atoms with Gasteiger partial charge in [0.05, 0.1) is 10.6 Å². The smallest absolute Gasteiger partial charge is 0.307 e. The van der Waals surface area contributed by atoms with Crippen LogP contribution in [0.1, 0.15) is 0 Å². The number of nitrogen functional groups attached to an aromatic ring is 1. The van der Waals surface area contributed by atoms with Gasteiger partial charge in [0.25, 0.3) is 0 Å². The number of nitrogens with zero attached hydrogens (tertiary/aromatic N) is 3. The lowest BCUT2D eigenvalue weighted by Crippen LogP contribution is -1.95. The van der Waals surface area contributed by atoms with E-state index in [0.717, 1.165) is 0 Å². The third-order valence-electron chi connectivity index (χ3n) is 1.91. The van der Waals surface area contributed by atoms with E-state index in [2.05, 4.69) is 5.10 Å². The second-order valence-electron chi connectivity index (χ2n) is 3.00. The van der Waals surface area contributed by atoms with Gasteiger partial charge in [-0.25, -0.2) is 4.68 Å². The monoisotopic (exact) mass is 204 g/mol. The summed E-state index contributed by atoms with van der Waals surface area (Å²) in [4.78, 5) is 9.95. The van der Waals surface area contributed by atoms with Crippen LogP contribution in [0, 0.1) is 10.1 Å². The quantitative estimate of drug-likeness (QED) is 0.454. The highest BCUT2D eigenvalue weighted by Crippen LogP contribution is 2.15. The summed E-state index contributed by atoms with van der Waals surface area (Å²) in [5.74, 6) is 0. The largest absolute Gasteiger partial charge is 0.399 e. The fourth-order valence-electron chi connectivity index (χ4n) is 1.22. The van der Waals surface area contributed by atoms with E-state index in [-0.39, 0.29) is 5.69 Å². The first-order valence-electron chi connectivity index (χ1n) is 4.22. The number of benzene rings is 1. The molecule has 0 aliphatic carbocycles. The Morgan fingerprint density at radius 2 is 2.27 bits per heavy atom. The van der Waals surface area contributed by atoms with Gasteiger partial charge >= 0.3 is 5.69 Å². The number of rotatable bonds is 2. The van der Waals surface area contributed by atoms with Gasteiger partial charge in [-0.3, -0.25) is 10.1 Å². The molecule has 0 radical (unpaired) electrons. The van der Waals surface area contributed by atoms with E-state index < -0.39 is 4.92 Å². The normalized spacial score (nSPS) is 10.1. The highest BCUT2D eigenvalue weighted by molar-refractivity contribution is 5.47. The predicted molar refractivity (Wildman–Crippen MR) is 54.6 cm³/mol. The predicted octanol–water partition coefficient (Wildman–Crippen LogP) is 1.36. The highest BCUT2D eigenvalue weighted by Gasteiger charge is 2.09. The molecule has 2 N–H and O–H groups in total. The van der Waals surface area contributed by atoms with Crippen molar-refractivity contribution in [1.82, 2.24) is 9.78 Å². The Morgan fingerprint density at radius 1 is 1.47 bits per heavy atom. The number of nitrogens with two attached hydrogens (primary N) is 1. The van der Waals surface area contributed by atoms with Crippen molar-refractivity contribution < 1.29 is 4.92 Å². The fraction of sp³-hybridized carbons (Fsp3) is 0. The number of nitro groups is 1. The molecule has 2 aromatic rings. The Morgan fingerprint density at radius 3 is 2.87 bits per heavy atom. The minimum absolute atomic E-state index is 0.0441. The summed E-state index contributed by atoms with van der Waals surface area (Å²) in [7, 11) is 0. The second-order valence-corrected chi connectivity index (χ2v) is 3.00. The van der Waals surface area contributed by atoms with E-state index in [9.17, 15) is 10.1 Å². The summed E-state index contributed by atoms with van der Waals surface area (Å²) in [5, 5.41) is 14.3. The summed E-state index contributed by atoms with van der Waals surface area (Å²) in [6.07, 6.45) is 2.54. The number of aromatic nitrogens is 2. The lowest BCUT2D eigenvalue weighted by atomic mass is 10.3. The van der Waals surface area contributed by atoms with Crippen LogP contribution in [0.4, 0.5) is 11.4 Å². The van der Waals surface area contributed by atoms with Gasteiger partial charge in [-0.15, -0.1) is 0 Å². The van der Waals surface area contributed by atoms with E-state index in [1.807, 2.05) is 0 Å². The molecule has 1 aromatic carbocycles. The Hall–Kier alpha value is -2.37. The molecule has 0 spiro atoms. The van der Waals surface area contributed by atoms with Crippen LogP contribution >= 0.6 is 0 Å². The molecule has 2 rings (SSSR count). The minimum Gasteiger partial charge on any atom is -0.399 e. The van der Waals surface area contributed by atoms with Gasteiger partial charge in [-0.05, 0) is 18.2 Å². The van der Waals surface area contributed by atoms with Crippen LogP contribution in [-0.2, 0) is 0 Å². The molecule has 0 atom stereocenters. The molecule has 15 heavy (non-hydrogen) atoms. The molecule has 0 saturated carbocycles. The average Bonchev–Trinajstić information content (AvgIpc) is 2.66. The molecular weight excluding hydrogens is 196 g/mol. The maximum atomic E-state index is 10.4. The SMILES string of the molecule is Nc1cccc(-n2cc([N+](=O)[O-])cn2)c1. The van der Waals surface area contributed by atoms with Gasteiger partial charge < -0.3 is 5.73 Å². The minimum atomic E-state index is -0.490. The van der Waals surface area contributed by atoms with Crippen LogP contribution in [0.3, 0.4) is 0 Å². The zero-order valence-electron chi connectivity index (χ0n) is 7.70. The average molecular weight is 204 g/mol. The van der Waals surface area contributed by atoms with E-state index in [1.165, 1.54) is 17.1 Å². The van der Waals surface area contributed by atoms with Gasteiger partial charge in [0, 0.05) is 5.69 Å². The first-order valence-corrected chi connectivity index (χ1v) is 4.22. The van der Waals surface area contributed by atoms with Crippen molar-refractivity contribution in [2.75, 3.05) is 5.73 Å². The van der Waals surface area contributed by atoms with Gasteiger partial charge in [0.15, 0.2) is 0 Å². The standard InChI is InChI=1S/C9H8N4O2/c10-7-2-1-3-8(4-7)12-6-9(5-11-12)13(14)15/h1-6H,10H2. The highest BCUT2D eigenvalue weighted by atomic mass is 16.6. The lowest BCUT2D eigenvalue weighted by Gasteiger charge is -2.00. The summed E-state index contributed by atoms with van der Waals surface area (Å²) in [6.45, 7) is 0. The van der Waals surface area contributed by atoms with Crippen LogP contribution in [0.5, 0.6) is 0 Å². The number of anilines is 1. The maximum absolute atomic E-state index is 10.4. The molecule has 0 saturated heterocycles. The van der Waals surface area contributed by atoms with Crippen LogP contribution in [0.15, 0.2) is 36.7 Å². The summed E-state index contributed by atoms with van der Waals surface area (Å²) < 4.78 is 1.41. The van der Waals surface area contributed by atoms with Crippen molar-refractivity contribution in [3.05, 3.63) is 46.8 Å². The lowest BCUT2D eigenvalue weighted by molar-refractivity contribution is -0.384. The Labute approximate surface area is 85.1 Å². The molecule has 0 bridgehead atoms. The third kappa shape index (κ3) is 1.78. The fourth-order valence-corrected chi connectivity index (χ4v) is 1.22. The van der Waals surface area contributed by atoms with E-state index >= 15 is 0 Å². The molecule has 1 heterocycles. The second kappa shape index (κ2) is 3.41. The molecule has 76 valence electrons. The van der Waals surface area contributed by atoms with Crippen molar-refractivity contribution in [3.8, 4) is 5.69 Å². The maximum Gasteiger partial charge on any atom is 0.307 e. The summed E-state index contributed by atoms with van der Waals surface area (Å²) in [5.41, 5.74) is 6.83. The molecule has 6 heteroatoms. The topological polar surface area (TPSA) is 87.0 Å². The van der Waals surface area contributed by atoms with Crippen LogP contribution < -0.4 is 5.73 Å². The van der Waals surface area contributed by atoms with E-state index in [0.29, 0.717) is 11.4 Å². The molecule has 0 fully saturated rings. The first kappa shape index (κ1) is 9.20. The van der Waals surface area contributed by atoms with Gasteiger partial charge in [-0.2, -0.15) is 5.10 Å². The molecule has 0 aliphatic rings. The van der Waals surface area contributed by atoms with Gasteiger partial charge in [0.2, 0.25) is 0 Å². The van der Waals surface area contributed by atoms with E-state index in [1.54, 1.807) is 24.3 Å². The van der Waals surface area contributed by atoms with Crippen molar-refractivity contribution in [3.63, 3.8) is 0 Å². The Balaban J connectivity index is 2.41. The molecule has 0 amide bonds. The zero-order valence-corrected chi connectivity index (χ0v) is 7.70. The van der Waals surface area contributed by atoms with Crippen molar-refractivity contribution in [2.45, 2.75) is 0 Å². The van der Waals surface area contributed by atoms with Crippen LogP contribution in [0.2, 0.25) is 0 Å². The molecule has 0 aliphatic heterocycles. The Bertz CT molecular complexity index is 506. The molecule has 6 nitrogen and oxygen atoms in total. The van der Waals surface area contributed by atoms with Crippen LogP contribution in [0.25, 0.3) is 5.69 Å². The van der Waals surface area contributed by atoms with Gasteiger partial charge in [0.1, 0.15) is 12.4 Å².